The van der Waals surface area contributed by atoms with Crippen LogP contribution in [0.15, 0.2) is 0 Å². The van der Waals surface area contributed by atoms with E-state index >= 15 is 0 Å². The molecule has 0 aromatic heterocycles. The standard InChI is InChI=1S/C51H98O6/c1-45(2)37-31-25-19-13-8-7-9-16-22-28-34-40-49(52)55-43-48(44-56-50(53)41-35-29-23-18-12-15-21-27-33-39-47(5)6)57-51(54)42-36-30-24-17-11-10-14-20-26-32-38-46(3)4/h45-48H,7-44H2,1-6H3/t48-/m1/s1. The van der Waals surface area contributed by atoms with Crippen molar-refractivity contribution in [3.05, 3.63) is 0 Å². The molecule has 0 amide bonds. The lowest BCUT2D eigenvalue weighted by atomic mass is 10.0. The lowest BCUT2D eigenvalue weighted by Crippen LogP contribution is -2.30. The quantitative estimate of drug-likeness (QED) is 0.0347. The highest BCUT2D eigenvalue weighted by molar-refractivity contribution is 5.71. The normalized spacial score (nSPS) is 12.2. The molecule has 0 unspecified atom stereocenters. The number of hydrogen-bond donors (Lipinski definition) is 0. The Morgan fingerprint density at radius 2 is 0.509 bits per heavy atom. The first-order valence-electron chi connectivity index (χ1n) is 25.1. The Labute approximate surface area is 355 Å². The van der Waals surface area contributed by atoms with Crippen LogP contribution in [0.1, 0.15) is 273 Å². The van der Waals surface area contributed by atoms with E-state index in [2.05, 4.69) is 41.5 Å². The zero-order valence-corrected chi connectivity index (χ0v) is 39.1. The number of hydrogen-bond acceptors (Lipinski definition) is 6. The minimum Gasteiger partial charge on any atom is -0.462 e. The van der Waals surface area contributed by atoms with Gasteiger partial charge in [-0.1, -0.05) is 234 Å². The summed E-state index contributed by atoms with van der Waals surface area (Å²) in [6.45, 7) is 13.7. The number of carbonyl (C=O) groups excluding carboxylic acids is 3. The highest BCUT2D eigenvalue weighted by Gasteiger charge is 2.19. The van der Waals surface area contributed by atoms with Crippen LogP contribution in [0.4, 0.5) is 0 Å². The van der Waals surface area contributed by atoms with Crippen LogP contribution in [0.2, 0.25) is 0 Å². The van der Waals surface area contributed by atoms with Gasteiger partial charge < -0.3 is 14.2 Å². The summed E-state index contributed by atoms with van der Waals surface area (Å²) in [6, 6.07) is 0. The summed E-state index contributed by atoms with van der Waals surface area (Å²) in [5.41, 5.74) is 0. The van der Waals surface area contributed by atoms with Crippen molar-refractivity contribution < 1.29 is 28.6 Å². The van der Waals surface area contributed by atoms with Gasteiger partial charge in [-0.25, -0.2) is 0 Å². The fourth-order valence-electron chi connectivity index (χ4n) is 7.59. The maximum absolute atomic E-state index is 12.8. The first kappa shape index (κ1) is 55.4. The van der Waals surface area contributed by atoms with E-state index in [1.165, 1.54) is 154 Å². The molecule has 6 heteroatoms. The average Bonchev–Trinajstić information content (AvgIpc) is 3.16. The zero-order chi connectivity index (χ0) is 42.0. The average molecular weight is 807 g/mol. The fourth-order valence-corrected chi connectivity index (χ4v) is 7.59. The van der Waals surface area contributed by atoms with E-state index in [1.54, 1.807) is 0 Å². The molecule has 0 heterocycles. The lowest BCUT2D eigenvalue weighted by molar-refractivity contribution is -0.167. The summed E-state index contributed by atoms with van der Waals surface area (Å²) < 4.78 is 16.8. The monoisotopic (exact) mass is 807 g/mol. The van der Waals surface area contributed by atoms with Gasteiger partial charge in [-0.05, 0) is 37.0 Å². The first-order chi connectivity index (χ1) is 27.6. The molecule has 0 rings (SSSR count). The summed E-state index contributed by atoms with van der Waals surface area (Å²) in [5.74, 6) is 1.60. The van der Waals surface area contributed by atoms with E-state index in [0.29, 0.717) is 19.3 Å². The number of rotatable bonds is 44. The molecular weight excluding hydrogens is 709 g/mol. The van der Waals surface area contributed by atoms with Gasteiger partial charge in [0.15, 0.2) is 6.10 Å². The van der Waals surface area contributed by atoms with Crippen LogP contribution in [-0.2, 0) is 28.6 Å². The summed E-state index contributed by atoms with van der Waals surface area (Å²) in [4.78, 5) is 37.9. The SMILES string of the molecule is CC(C)CCCCCCCCCCCCCC(=O)OC[C@H](COC(=O)CCCCCCCCCCCC(C)C)OC(=O)CCCCCCCCCCCCC(C)C. The second kappa shape index (κ2) is 42.5. The third-order valence-corrected chi connectivity index (χ3v) is 11.4. The van der Waals surface area contributed by atoms with Crippen LogP contribution in [0.25, 0.3) is 0 Å². The summed E-state index contributed by atoms with van der Waals surface area (Å²) in [6.07, 6.45) is 40.9. The van der Waals surface area contributed by atoms with E-state index in [-0.39, 0.29) is 31.1 Å². The Kier molecular flexibility index (Phi) is 41.3. The molecule has 0 aromatic carbocycles. The third-order valence-electron chi connectivity index (χ3n) is 11.4. The summed E-state index contributed by atoms with van der Waals surface area (Å²) >= 11 is 0. The van der Waals surface area contributed by atoms with E-state index in [9.17, 15) is 14.4 Å². The van der Waals surface area contributed by atoms with Crippen LogP contribution in [0.3, 0.4) is 0 Å². The molecule has 6 nitrogen and oxygen atoms in total. The molecule has 0 aliphatic heterocycles. The predicted octanol–water partition coefficient (Wildman–Crippen LogP) is 16.0. The minimum atomic E-state index is -0.762. The van der Waals surface area contributed by atoms with Crippen molar-refractivity contribution in [3.8, 4) is 0 Å². The molecule has 0 fully saturated rings. The van der Waals surface area contributed by atoms with Gasteiger partial charge in [0.05, 0.1) is 0 Å². The minimum absolute atomic E-state index is 0.0652. The highest BCUT2D eigenvalue weighted by Crippen LogP contribution is 2.17. The highest BCUT2D eigenvalue weighted by atomic mass is 16.6. The number of carbonyl (C=O) groups is 3. The van der Waals surface area contributed by atoms with Gasteiger partial charge in [0.2, 0.25) is 0 Å². The van der Waals surface area contributed by atoms with Gasteiger partial charge in [0, 0.05) is 19.3 Å². The molecule has 0 aromatic rings. The molecule has 0 N–H and O–H groups in total. The molecule has 0 aliphatic rings. The van der Waals surface area contributed by atoms with Crippen molar-refractivity contribution in [1.29, 1.82) is 0 Å². The van der Waals surface area contributed by atoms with Gasteiger partial charge in [0.1, 0.15) is 13.2 Å². The Bertz CT molecular complexity index is 883. The van der Waals surface area contributed by atoms with Gasteiger partial charge in [-0.15, -0.1) is 0 Å². The van der Waals surface area contributed by atoms with Crippen molar-refractivity contribution >= 4 is 17.9 Å². The second-order valence-electron chi connectivity index (χ2n) is 18.9. The Morgan fingerprint density at radius 3 is 0.754 bits per heavy atom. The molecular formula is C51H98O6. The third kappa shape index (κ3) is 45.3. The van der Waals surface area contributed by atoms with Gasteiger partial charge in [0.25, 0.3) is 0 Å². The molecule has 0 radical (unpaired) electrons. The maximum Gasteiger partial charge on any atom is 0.306 e. The number of esters is 3. The molecule has 338 valence electrons. The van der Waals surface area contributed by atoms with Crippen LogP contribution >= 0.6 is 0 Å². The largest absolute Gasteiger partial charge is 0.462 e. The molecule has 0 aliphatic carbocycles. The number of ether oxygens (including phenoxy) is 3. The van der Waals surface area contributed by atoms with Crippen LogP contribution in [0.5, 0.6) is 0 Å². The van der Waals surface area contributed by atoms with Crippen LogP contribution in [0, 0.1) is 17.8 Å². The Hall–Kier alpha value is -1.59. The van der Waals surface area contributed by atoms with E-state index < -0.39 is 6.10 Å². The predicted molar refractivity (Wildman–Crippen MR) is 243 cm³/mol. The lowest BCUT2D eigenvalue weighted by Gasteiger charge is -2.18. The molecule has 0 saturated heterocycles. The van der Waals surface area contributed by atoms with Gasteiger partial charge in [-0.2, -0.15) is 0 Å². The van der Waals surface area contributed by atoms with Crippen molar-refractivity contribution in [1.82, 2.24) is 0 Å². The molecule has 1 atom stereocenters. The topological polar surface area (TPSA) is 78.9 Å². The van der Waals surface area contributed by atoms with Gasteiger partial charge >= 0.3 is 17.9 Å². The second-order valence-corrected chi connectivity index (χ2v) is 18.9. The zero-order valence-electron chi connectivity index (χ0n) is 39.1. The smallest absolute Gasteiger partial charge is 0.306 e. The van der Waals surface area contributed by atoms with Crippen molar-refractivity contribution in [2.75, 3.05) is 13.2 Å². The fraction of sp³-hybridized carbons (Fsp3) is 0.941. The van der Waals surface area contributed by atoms with E-state index in [1.807, 2.05) is 0 Å². The van der Waals surface area contributed by atoms with Crippen LogP contribution < -0.4 is 0 Å². The number of unbranched alkanes of at least 4 members (excludes halogenated alkanes) is 27. The molecule has 57 heavy (non-hydrogen) atoms. The maximum atomic E-state index is 12.8. The summed E-state index contributed by atoms with van der Waals surface area (Å²) in [7, 11) is 0. The van der Waals surface area contributed by atoms with Crippen LogP contribution in [-0.4, -0.2) is 37.2 Å². The molecule has 0 spiro atoms. The van der Waals surface area contributed by atoms with E-state index in [0.717, 1.165) is 75.5 Å². The Balaban J connectivity index is 4.33. The summed E-state index contributed by atoms with van der Waals surface area (Å²) in [5, 5.41) is 0. The van der Waals surface area contributed by atoms with E-state index in [4.69, 9.17) is 14.2 Å². The van der Waals surface area contributed by atoms with Crippen molar-refractivity contribution in [2.45, 2.75) is 279 Å². The van der Waals surface area contributed by atoms with Gasteiger partial charge in [-0.3, -0.25) is 14.4 Å². The van der Waals surface area contributed by atoms with Crippen molar-refractivity contribution in [2.24, 2.45) is 17.8 Å². The van der Waals surface area contributed by atoms with Crippen molar-refractivity contribution in [3.63, 3.8) is 0 Å². The first-order valence-corrected chi connectivity index (χ1v) is 25.1. The molecule has 0 saturated carbocycles. The Morgan fingerprint density at radius 1 is 0.298 bits per heavy atom. The molecule has 0 bridgehead atoms.